The van der Waals surface area contributed by atoms with Gasteiger partial charge in [-0.1, -0.05) is 47.3 Å². The Morgan fingerprint density at radius 2 is 2.00 bits per heavy atom. The van der Waals surface area contributed by atoms with Crippen molar-refractivity contribution in [3.63, 3.8) is 0 Å². The summed E-state index contributed by atoms with van der Waals surface area (Å²) in [6.07, 6.45) is 3.89. The molecule has 1 aliphatic carbocycles. The van der Waals surface area contributed by atoms with Crippen LogP contribution in [0.25, 0.3) is 0 Å². The number of benzene rings is 1. The van der Waals surface area contributed by atoms with Gasteiger partial charge in [0.25, 0.3) is 5.91 Å². The summed E-state index contributed by atoms with van der Waals surface area (Å²) in [5.41, 5.74) is 5.70. The number of hydrogen-bond donors (Lipinski definition) is 2. The molecule has 0 aliphatic heterocycles. The smallest absolute Gasteiger partial charge is 0.273 e. The van der Waals surface area contributed by atoms with Crippen LogP contribution >= 0.6 is 23.2 Å². The predicted molar refractivity (Wildman–Crippen MR) is 95.0 cm³/mol. The van der Waals surface area contributed by atoms with E-state index >= 15 is 0 Å². The standard InChI is InChI=1S/C17H19Cl2N3O3/c18-12-4-3-5-13(19)15(12)24-9-11-8-14(22-25-11)16(23)21-17(10-20)6-1-2-7-17/h3-5,8H,1-2,6-7,9-10,20H2,(H,21,23). The Labute approximate surface area is 155 Å². The lowest BCUT2D eigenvalue weighted by atomic mass is 9.97. The van der Waals surface area contributed by atoms with Crippen LogP contribution in [0, 0.1) is 0 Å². The molecule has 1 heterocycles. The Kier molecular flexibility index (Phi) is 5.51. The van der Waals surface area contributed by atoms with Gasteiger partial charge in [0.15, 0.2) is 17.2 Å². The summed E-state index contributed by atoms with van der Waals surface area (Å²) in [5, 5.41) is 7.60. The molecule has 1 aliphatic rings. The highest BCUT2D eigenvalue weighted by atomic mass is 35.5. The van der Waals surface area contributed by atoms with Crippen LogP contribution in [0.2, 0.25) is 10.0 Å². The number of hydrogen-bond acceptors (Lipinski definition) is 5. The molecule has 2 aromatic rings. The van der Waals surface area contributed by atoms with Crippen LogP contribution in [0.1, 0.15) is 41.9 Å². The van der Waals surface area contributed by atoms with Gasteiger partial charge in [0.1, 0.15) is 6.61 Å². The van der Waals surface area contributed by atoms with Gasteiger partial charge in [-0.3, -0.25) is 4.79 Å². The lowest BCUT2D eigenvalue weighted by molar-refractivity contribution is 0.0893. The number of nitrogens with zero attached hydrogens (tertiary/aromatic N) is 1. The Balaban J connectivity index is 1.63. The average Bonchev–Trinajstić information content (AvgIpc) is 3.24. The van der Waals surface area contributed by atoms with E-state index in [2.05, 4.69) is 10.5 Å². The average molecular weight is 384 g/mol. The Bertz CT molecular complexity index is 737. The van der Waals surface area contributed by atoms with Gasteiger partial charge >= 0.3 is 0 Å². The lowest BCUT2D eigenvalue weighted by Crippen LogP contribution is -2.51. The molecular weight excluding hydrogens is 365 g/mol. The van der Waals surface area contributed by atoms with E-state index in [4.69, 9.17) is 38.2 Å². The molecule has 0 radical (unpaired) electrons. The van der Waals surface area contributed by atoms with E-state index in [0.717, 1.165) is 25.7 Å². The van der Waals surface area contributed by atoms with Crippen LogP contribution in [0.3, 0.4) is 0 Å². The molecule has 1 fully saturated rings. The molecule has 25 heavy (non-hydrogen) atoms. The fourth-order valence-electron chi connectivity index (χ4n) is 2.99. The molecule has 3 N–H and O–H groups in total. The number of amides is 1. The lowest BCUT2D eigenvalue weighted by Gasteiger charge is -2.28. The second-order valence-corrected chi connectivity index (χ2v) is 6.98. The first-order chi connectivity index (χ1) is 12.0. The molecule has 0 spiro atoms. The molecule has 1 amide bonds. The van der Waals surface area contributed by atoms with Gasteiger partial charge in [0.2, 0.25) is 0 Å². The van der Waals surface area contributed by atoms with Crippen LogP contribution < -0.4 is 15.8 Å². The van der Waals surface area contributed by atoms with Crippen molar-refractivity contribution in [3.8, 4) is 5.75 Å². The van der Waals surface area contributed by atoms with Gasteiger partial charge in [-0.05, 0) is 25.0 Å². The van der Waals surface area contributed by atoms with Crippen molar-refractivity contribution >= 4 is 29.1 Å². The fourth-order valence-corrected chi connectivity index (χ4v) is 3.50. The molecule has 0 bridgehead atoms. The largest absolute Gasteiger partial charge is 0.482 e. The van der Waals surface area contributed by atoms with Crippen molar-refractivity contribution in [2.45, 2.75) is 37.8 Å². The number of para-hydroxylation sites is 1. The van der Waals surface area contributed by atoms with E-state index in [0.29, 0.717) is 28.1 Å². The molecule has 8 heteroatoms. The zero-order valence-electron chi connectivity index (χ0n) is 13.6. The van der Waals surface area contributed by atoms with E-state index in [1.54, 1.807) is 24.3 Å². The first-order valence-electron chi connectivity index (χ1n) is 8.08. The van der Waals surface area contributed by atoms with E-state index in [9.17, 15) is 4.79 Å². The number of halogens is 2. The molecule has 0 atom stereocenters. The predicted octanol–water partition coefficient (Wildman–Crippen LogP) is 3.56. The SMILES string of the molecule is NCC1(NC(=O)c2cc(COc3c(Cl)cccc3Cl)on2)CCCC1. The van der Waals surface area contributed by atoms with Crippen molar-refractivity contribution in [3.05, 3.63) is 45.8 Å². The Hall–Kier alpha value is -1.76. The Morgan fingerprint density at radius 1 is 1.32 bits per heavy atom. The Morgan fingerprint density at radius 3 is 2.64 bits per heavy atom. The third-order valence-electron chi connectivity index (χ3n) is 4.40. The van der Waals surface area contributed by atoms with Gasteiger partial charge in [0.05, 0.1) is 15.6 Å². The topological polar surface area (TPSA) is 90.4 Å². The van der Waals surface area contributed by atoms with Crippen LogP contribution in [0.5, 0.6) is 5.75 Å². The first kappa shape index (κ1) is 18.0. The highest BCUT2D eigenvalue weighted by Gasteiger charge is 2.34. The summed E-state index contributed by atoms with van der Waals surface area (Å²) in [6, 6.07) is 6.62. The number of carbonyl (C=O) groups excluding carboxylic acids is 1. The molecule has 0 saturated heterocycles. The summed E-state index contributed by atoms with van der Waals surface area (Å²) in [7, 11) is 0. The number of aromatic nitrogens is 1. The van der Waals surface area contributed by atoms with E-state index in [1.165, 1.54) is 0 Å². The first-order valence-corrected chi connectivity index (χ1v) is 8.83. The molecule has 1 saturated carbocycles. The summed E-state index contributed by atoms with van der Waals surface area (Å²) in [5.74, 6) is 0.466. The van der Waals surface area contributed by atoms with Crippen molar-refractivity contribution in [2.24, 2.45) is 5.73 Å². The van der Waals surface area contributed by atoms with Crippen LogP contribution in [-0.4, -0.2) is 23.1 Å². The second-order valence-electron chi connectivity index (χ2n) is 6.16. The fraction of sp³-hybridized carbons (Fsp3) is 0.412. The van der Waals surface area contributed by atoms with Crippen LogP contribution in [0.4, 0.5) is 0 Å². The van der Waals surface area contributed by atoms with Crippen LogP contribution in [-0.2, 0) is 6.61 Å². The summed E-state index contributed by atoms with van der Waals surface area (Å²) >= 11 is 12.1. The van der Waals surface area contributed by atoms with Gasteiger partial charge in [0, 0.05) is 12.6 Å². The van der Waals surface area contributed by atoms with E-state index in [1.807, 2.05) is 0 Å². The van der Waals surface area contributed by atoms with E-state index in [-0.39, 0.29) is 23.7 Å². The number of rotatable bonds is 6. The number of nitrogens with one attached hydrogen (secondary N) is 1. The quantitative estimate of drug-likeness (QED) is 0.795. The number of carbonyl (C=O) groups is 1. The number of ether oxygens (including phenoxy) is 1. The molecule has 1 aromatic carbocycles. The highest BCUT2D eigenvalue weighted by molar-refractivity contribution is 6.37. The third kappa shape index (κ3) is 4.08. The van der Waals surface area contributed by atoms with Gasteiger partial charge in [-0.15, -0.1) is 0 Å². The molecule has 0 unspecified atom stereocenters. The maximum atomic E-state index is 12.4. The minimum absolute atomic E-state index is 0.0613. The molecule has 6 nitrogen and oxygen atoms in total. The van der Waals surface area contributed by atoms with Crippen molar-refractivity contribution in [2.75, 3.05) is 6.54 Å². The van der Waals surface area contributed by atoms with Crippen molar-refractivity contribution in [1.82, 2.24) is 10.5 Å². The molecule has 1 aromatic heterocycles. The van der Waals surface area contributed by atoms with Crippen molar-refractivity contribution < 1.29 is 14.1 Å². The van der Waals surface area contributed by atoms with Gasteiger partial charge in [-0.2, -0.15) is 0 Å². The minimum atomic E-state index is -0.336. The van der Waals surface area contributed by atoms with Crippen LogP contribution in [0.15, 0.2) is 28.8 Å². The number of nitrogens with two attached hydrogens (primary N) is 1. The third-order valence-corrected chi connectivity index (χ3v) is 4.99. The summed E-state index contributed by atoms with van der Waals surface area (Å²) in [4.78, 5) is 12.4. The summed E-state index contributed by atoms with van der Waals surface area (Å²) in [6.45, 7) is 0.476. The van der Waals surface area contributed by atoms with Crippen molar-refractivity contribution in [1.29, 1.82) is 0 Å². The van der Waals surface area contributed by atoms with Gasteiger partial charge in [-0.25, -0.2) is 0 Å². The normalized spacial score (nSPS) is 16.0. The maximum absolute atomic E-state index is 12.4. The monoisotopic (exact) mass is 383 g/mol. The zero-order chi connectivity index (χ0) is 17.9. The summed E-state index contributed by atoms with van der Waals surface area (Å²) < 4.78 is 10.7. The zero-order valence-corrected chi connectivity index (χ0v) is 15.1. The second kappa shape index (κ2) is 7.64. The molecule has 134 valence electrons. The maximum Gasteiger partial charge on any atom is 0.273 e. The van der Waals surface area contributed by atoms with E-state index < -0.39 is 0 Å². The minimum Gasteiger partial charge on any atom is -0.482 e. The van der Waals surface area contributed by atoms with Gasteiger partial charge < -0.3 is 20.3 Å². The highest BCUT2D eigenvalue weighted by Crippen LogP contribution is 2.33. The molecule has 3 rings (SSSR count). The molecular formula is C17H19Cl2N3O3.